The van der Waals surface area contributed by atoms with Crippen molar-refractivity contribution in [2.75, 3.05) is 0 Å². The Bertz CT molecular complexity index is 1130. The van der Waals surface area contributed by atoms with Crippen LogP contribution < -0.4 is 0 Å². The lowest BCUT2D eigenvalue weighted by Crippen LogP contribution is -2.24. The average Bonchev–Trinajstić information content (AvgIpc) is 3.27. The van der Waals surface area contributed by atoms with Crippen molar-refractivity contribution in [3.05, 3.63) is 65.1 Å². The minimum absolute atomic E-state index is 0.0863. The van der Waals surface area contributed by atoms with E-state index in [0.29, 0.717) is 35.0 Å². The van der Waals surface area contributed by atoms with E-state index in [0.717, 1.165) is 29.9 Å². The molecule has 1 aliphatic rings. The van der Waals surface area contributed by atoms with Crippen molar-refractivity contribution in [3.8, 4) is 0 Å². The van der Waals surface area contributed by atoms with Crippen molar-refractivity contribution in [2.24, 2.45) is 5.92 Å². The maximum absolute atomic E-state index is 13.9. The van der Waals surface area contributed by atoms with Gasteiger partial charge in [0, 0.05) is 46.8 Å². The number of carbonyl (C=O) groups is 3. The molecule has 0 amide bonds. The van der Waals surface area contributed by atoms with E-state index in [-0.39, 0.29) is 17.5 Å². The van der Waals surface area contributed by atoms with Gasteiger partial charge in [-0.3, -0.25) is 4.79 Å². The van der Waals surface area contributed by atoms with Crippen LogP contribution in [0.1, 0.15) is 33.9 Å². The molecular formula is C21H20FN3O5. The number of benzene rings is 1. The van der Waals surface area contributed by atoms with Gasteiger partial charge in [-0.05, 0) is 25.8 Å². The number of nitrogens with zero attached hydrogens (tertiary/aromatic N) is 1. The van der Waals surface area contributed by atoms with E-state index in [2.05, 4.69) is 15.0 Å². The summed E-state index contributed by atoms with van der Waals surface area (Å²) in [5, 5.41) is 16.3. The Kier molecular flexibility index (Phi) is 6.10. The van der Waals surface area contributed by atoms with Gasteiger partial charge in [0.2, 0.25) is 0 Å². The fourth-order valence-electron chi connectivity index (χ4n) is 3.52. The van der Waals surface area contributed by atoms with E-state index in [1.807, 2.05) is 13.0 Å². The van der Waals surface area contributed by atoms with Gasteiger partial charge >= 0.3 is 11.9 Å². The topological polar surface area (TPSA) is 136 Å². The number of halogens is 1. The Morgan fingerprint density at radius 1 is 1.27 bits per heavy atom. The largest absolute Gasteiger partial charge is 0.478 e. The Labute approximate surface area is 170 Å². The van der Waals surface area contributed by atoms with Crippen molar-refractivity contribution in [1.82, 2.24) is 15.0 Å². The highest BCUT2D eigenvalue weighted by Gasteiger charge is 2.31. The summed E-state index contributed by atoms with van der Waals surface area (Å²) < 4.78 is 13.9. The molecule has 2 heterocycles. The number of aromatic nitrogens is 3. The number of aliphatic carboxylic acids is 2. The van der Waals surface area contributed by atoms with Crippen molar-refractivity contribution in [1.29, 1.82) is 0 Å². The number of carbonyl (C=O) groups excluding carboxylic acids is 1. The summed E-state index contributed by atoms with van der Waals surface area (Å²) in [5.74, 6) is -2.81. The van der Waals surface area contributed by atoms with E-state index in [9.17, 15) is 18.8 Å². The minimum Gasteiger partial charge on any atom is -0.478 e. The second kappa shape index (κ2) is 8.73. The fraction of sp³-hybridized carbons (Fsp3) is 0.238. The Balaban J connectivity index is 0.000000275. The highest BCUT2D eigenvalue weighted by molar-refractivity contribution is 6.11. The molecule has 0 saturated heterocycles. The molecule has 1 aliphatic carbocycles. The van der Waals surface area contributed by atoms with Crippen LogP contribution >= 0.6 is 0 Å². The number of hydrogen-bond donors (Lipinski definition) is 4. The first kappa shape index (κ1) is 21.0. The van der Waals surface area contributed by atoms with Crippen molar-refractivity contribution < 1.29 is 29.0 Å². The first-order valence-corrected chi connectivity index (χ1v) is 9.24. The molecule has 4 rings (SSSR count). The third kappa shape index (κ3) is 4.45. The first-order chi connectivity index (χ1) is 14.3. The molecule has 0 fully saturated rings. The molecule has 1 atom stereocenters. The van der Waals surface area contributed by atoms with Crippen LogP contribution in [0.25, 0.3) is 10.9 Å². The van der Waals surface area contributed by atoms with Crippen LogP contribution in [0.4, 0.5) is 4.39 Å². The number of para-hydroxylation sites is 1. The summed E-state index contributed by atoms with van der Waals surface area (Å²) in [6, 6.07) is 4.88. The number of aryl methyl sites for hydroxylation is 2. The maximum Gasteiger partial charge on any atom is 0.328 e. The van der Waals surface area contributed by atoms with Gasteiger partial charge in [0.05, 0.1) is 17.5 Å². The van der Waals surface area contributed by atoms with Crippen molar-refractivity contribution in [2.45, 2.75) is 26.2 Å². The standard InChI is InChI=1S/C17H16FN3O.C4H4O4/c1-9-14(20-8-19-9)7-10-5-6-13-15(17(10)22)11-3-2-4-12(18)16(11)21-13;5-3(6)1-2-4(7)8/h2-4,8,10,21H,5-7H2,1H3,(H,19,20);1-2H,(H,5,6)(H,7,8). The zero-order valence-electron chi connectivity index (χ0n) is 16.1. The van der Waals surface area contributed by atoms with E-state index in [4.69, 9.17) is 10.2 Å². The summed E-state index contributed by atoms with van der Waals surface area (Å²) in [7, 11) is 0. The lowest BCUT2D eigenvalue weighted by atomic mass is 9.82. The number of rotatable bonds is 4. The van der Waals surface area contributed by atoms with Gasteiger partial charge in [0.1, 0.15) is 5.82 Å². The predicted molar refractivity (Wildman–Crippen MR) is 106 cm³/mol. The predicted octanol–water partition coefficient (Wildman–Crippen LogP) is 3.04. The second-order valence-corrected chi connectivity index (χ2v) is 6.93. The minimum atomic E-state index is -1.26. The van der Waals surface area contributed by atoms with Gasteiger partial charge in [-0.15, -0.1) is 0 Å². The molecule has 0 saturated carbocycles. The third-order valence-corrected chi connectivity index (χ3v) is 4.96. The van der Waals surface area contributed by atoms with Crippen LogP contribution in [0.15, 0.2) is 36.7 Å². The highest BCUT2D eigenvalue weighted by Crippen LogP contribution is 2.34. The zero-order chi connectivity index (χ0) is 21.8. The van der Waals surface area contributed by atoms with E-state index < -0.39 is 11.9 Å². The second-order valence-electron chi connectivity index (χ2n) is 6.93. The summed E-state index contributed by atoms with van der Waals surface area (Å²) >= 11 is 0. The molecule has 3 aromatic rings. The summed E-state index contributed by atoms with van der Waals surface area (Å²) in [6.45, 7) is 1.96. The number of nitrogens with one attached hydrogen (secondary N) is 2. The fourth-order valence-corrected chi connectivity index (χ4v) is 3.52. The number of imidazole rings is 1. The average molecular weight is 413 g/mol. The van der Waals surface area contributed by atoms with Crippen molar-refractivity contribution >= 4 is 28.6 Å². The highest BCUT2D eigenvalue weighted by atomic mass is 19.1. The monoisotopic (exact) mass is 413 g/mol. The molecule has 1 aromatic carbocycles. The lowest BCUT2D eigenvalue weighted by Gasteiger charge is -2.20. The normalized spacial score (nSPS) is 15.7. The number of H-pyrrole nitrogens is 2. The molecule has 2 aromatic heterocycles. The molecule has 30 heavy (non-hydrogen) atoms. The number of carboxylic acid groups (broad SMARTS) is 2. The molecule has 0 radical (unpaired) electrons. The quantitative estimate of drug-likeness (QED) is 0.486. The number of fused-ring (bicyclic) bond motifs is 3. The summed E-state index contributed by atoms with van der Waals surface area (Å²) in [6.07, 6.45) is 4.95. The number of Topliss-reactive ketones (excluding diaryl/α,β-unsaturated/α-hetero) is 1. The summed E-state index contributed by atoms with van der Waals surface area (Å²) in [5.41, 5.74) is 3.91. The molecule has 1 unspecified atom stereocenters. The van der Waals surface area contributed by atoms with E-state index in [1.54, 1.807) is 12.4 Å². The Hall–Kier alpha value is -3.75. The summed E-state index contributed by atoms with van der Waals surface area (Å²) in [4.78, 5) is 42.4. The van der Waals surface area contributed by atoms with Gasteiger partial charge in [-0.1, -0.05) is 12.1 Å². The first-order valence-electron chi connectivity index (χ1n) is 9.24. The molecule has 0 aliphatic heterocycles. The van der Waals surface area contributed by atoms with E-state index in [1.165, 1.54) is 6.07 Å². The van der Waals surface area contributed by atoms with Crippen LogP contribution in [0, 0.1) is 18.7 Å². The Morgan fingerprint density at radius 2 is 1.97 bits per heavy atom. The molecule has 0 bridgehead atoms. The van der Waals surface area contributed by atoms with E-state index >= 15 is 0 Å². The lowest BCUT2D eigenvalue weighted by molar-refractivity contribution is -0.134. The molecule has 0 spiro atoms. The van der Waals surface area contributed by atoms with Crippen molar-refractivity contribution in [3.63, 3.8) is 0 Å². The van der Waals surface area contributed by atoms with Gasteiger partial charge in [-0.2, -0.15) is 0 Å². The maximum atomic E-state index is 13.9. The number of ketones is 1. The van der Waals surface area contributed by atoms with Gasteiger partial charge in [0.25, 0.3) is 0 Å². The molecule has 156 valence electrons. The van der Waals surface area contributed by atoms with Crippen LogP contribution in [0.2, 0.25) is 0 Å². The molecule has 9 heteroatoms. The number of aromatic amines is 2. The SMILES string of the molecule is Cc1[nH]cnc1CC1CCc2[nH]c3c(F)cccc3c2C1=O.O=C(O)C=CC(=O)O. The Morgan fingerprint density at radius 3 is 2.57 bits per heavy atom. The van der Waals surface area contributed by atoms with Crippen LogP contribution in [-0.2, 0) is 22.4 Å². The molecule has 8 nitrogen and oxygen atoms in total. The smallest absolute Gasteiger partial charge is 0.328 e. The van der Waals surface area contributed by atoms with Gasteiger partial charge < -0.3 is 20.2 Å². The van der Waals surface area contributed by atoms with Crippen LogP contribution in [0.3, 0.4) is 0 Å². The number of carboxylic acids is 2. The number of hydrogen-bond acceptors (Lipinski definition) is 4. The van der Waals surface area contributed by atoms with Gasteiger partial charge in [0.15, 0.2) is 5.78 Å². The van der Waals surface area contributed by atoms with Gasteiger partial charge in [-0.25, -0.2) is 19.0 Å². The van der Waals surface area contributed by atoms with Crippen LogP contribution in [0.5, 0.6) is 0 Å². The molecule has 4 N–H and O–H groups in total. The zero-order valence-corrected chi connectivity index (χ0v) is 16.1. The molecular weight excluding hydrogens is 393 g/mol. The third-order valence-electron chi connectivity index (χ3n) is 4.96. The van der Waals surface area contributed by atoms with Crippen LogP contribution in [-0.4, -0.2) is 42.9 Å².